The molecule has 0 aliphatic rings. The molecular formula is C13H18ClN3OS. The van der Waals surface area contributed by atoms with Crippen molar-refractivity contribution >= 4 is 39.9 Å². The zero-order valence-electron chi connectivity index (χ0n) is 10.9. The number of nitrogens with one attached hydrogen (secondary N) is 1. The van der Waals surface area contributed by atoms with Crippen molar-refractivity contribution in [1.29, 1.82) is 0 Å². The van der Waals surface area contributed by atoms with Crippen LogP contribution in [0, 0.1) is 5.92 Å². The molecule has 0 saturated heterocycles. The first-order valence-electron chi connectivity index (χ1n) is 5.95. The van der Waals surface area contributed by atoms with Gasteiger partial charge in [0.1, 0.15) is 5.01 Å². The number of nitrogens with two attached hydrogens (primary N) is 1. The van der Waals surface area contributed by atoms with Gasteiger partial charge in [0, 0.05) is 0 Å². The Morgan fingerprint density at radius 3 is 2.74 bits per heavy atom. The van der Waals surface area contributed by atoms with E-state index in [0.29, 0.717) is 6.54 Å². The summed E-state index contributed by atoms with van der Waals surface area (Å²) in [5.41, 5.74) is 6.74. The largest absolute Gasteiger partial charge is 0.348 e. The molecule has 0 aliphatic carbocycles. The van der Waals surface area contributed by atoms with Crippen LogP contribution in [0.3, 0.4) is 0 Å². The van der Waals surface area contributed by atoms with E-state index in [0.717, 1.165) is 15.2 Å². The summed E-state index contributed by atoms with van der Waals surface area (Å²) in [7, 11) is 0. The summed E-state index contributed by atoms with van der Waals surface area (Å²) in [4.78, 5) is 16.2. The third-order valence-corrected chi connectivity index (χ3v) is 3.81. The number of aromatic nitrogens is 1. The third kappa shape index (κ3) is 3.89. The molecule has 0 aliphatic heterocycles. The van der Waals surface area contributed by atoms with Gasteiger partial charge in [0.2, 0.25) is 5.91 Å². The van der Waals surface area contributed by atoms with Gasteiger partial charge in [0.25, 0.3) is 0 Å². The minimum Gasteiger partial charge on any atom is -0.348 e. The Bertz CT molecular complexity index is 523. The zero-order chi connectivity index (χ0) is 13.1. The maximum absolute atomic E-state index is 11.7. The Labute approximate surface area is 122 Å². The monoisotopic (exact) mass is 299 g/mol. The molecule has 1 amide bonds. The molecule has 6 heteroatoms. The van der Waals surface area contributed by atoms with Gasteiger partial charge in [0.15, 0.2) is 0 Å². The van der Waals surface area contributed by atoms with Crippen molar-refractivity contribution in [2.24, 2.45) is 11.7 Å². The van der Waals surface area contributed by atoms with Crippen LogP contribution in [0.5, 0.6) is 0 Å². The highest BCUT2D eigenvalue weighted by Crippen LogP contribution is 2.21. The smallest absolute Gasteiger partial charge is 0.237 e. The average Bonchev–Trinajstić information content (AvgIpc) is 2.77. The third-order valence-electron chi connectivity index (χ3n) is 2.77. The van der Waals surface area contributed by atoms with Gasteiger partial charge >= 0.3 is 0 Å². The lowest BCUT2D eigenvalue weighted by Crippen LogP contribution is -2.43. The first kappa shape index (κ1) is 15.9. The Morgan fingerprint density at radius 2 is 2.11 bits per heavy atom. The minimum absolute atomic E-state index is 0. The average molecular weight is 300 g/mol. The standard InChI is InChI=1S/C13H17N3OS.ClH/c1-8(2)12(14)13(17)15-7-11-16-9-5-3-4-6-10(9)18-11;/h3-6,8,12H,7,14H2,1-2H3,(H,15,17);1H. The highest BCUT2D eigenvalue weighted by atomic mass is 35.5. The number of amides is 1. The lowest BCUT2D eigenvalue weighted by atomic mass is 10.1. The van der Waals surface area contributed by atoms with Crippen molar-refractivity contribution < 1.29 is 4.79 Å². The first-order chi connectivity index (χ1) is 8.58. The minimum atomic E-state index is -0.459. The molecule has 2 aromatic rings. The van der Waals surface area contributed by atoms with Crippen LogP contribution in [0.25, 0.3) is 10.2 Å². The summed E-state index contributed by atoms with van der Waals surface area (Å²) in [5.74, 6) is 0.0182. The van der Waals surface area contributed by atoms with Gasteiger partial charge < -0.3 is 11.1 Å². The van der Waals surface area contributed by atoms with E-state index in [2.05, 4.69) is 10.3 Å². The molecule has 0 bridgehead atoms. The van der Waals surface area contributed by atoms with E-state index >= 15 is 0 Å². The molecule has 19 heavy (non-hydrogen) atoms. The van der Waals surface area contributed by atoms with E-state index in [-0.39, 0.29) is 24.2 Å². The molecule has 1 unspecified atom stereocenters. The molecule has 1 atom stereocenters. The van der Waals surface area contributed by atoms with Crippen molar-refractivity contribution in [3.05, 3.63) is 29.3 Å². The quantitative estimate of drug-likeness (QED) is 0.910. The number of rotatable bonds is 4. The van der Waals surface area contributed by atoms with Crippen LogP contribution < -0.4 is 11.1 Å². The molecule has 1 aromatic heterocycles. The van der Waals surface area contributed by atoms with Crippen molar-refractivity contribution in [2.75, 3.05) is 0 Å². The van der Waals surface area contributed by atoms with E-state index < -0.39 is 6.04 Å². The van der Waals surface area contributed by atoms with Gasteiger partial charge in [-0.25, -0.2) is 4.98 Å². The van der Waals surface area contributed by atoms with Crippen LogP contribution in [-0.4, -0.2) is 16.9 Å². The highest BCUT2D eigenvalue weighted by molar-refractivity contribution is 7.18. The Morgan fingerprint density at radius 1 is 1.42 bits per heavy atom. The molecule has 2 rings (SSSR count). The number of benzene rings is 1. The number of nitrogens with zero attached hydrogens (tertiary/aromatic N) is 1. The summed E-state index contributed by atoms with van der Waals surface area (Å²) in [6, 6.07) is 7.48. The number of hydrogen-bond donors (Lipinski definition) is 2. The summed E-state index contributed by atoms with van der Waals surface area (Å²) in [6.45, 7) is 4.31. The molecule has 0 saturated carbocycles. The SMILES string of the molecule is CC(C)C(N)C(=O)NCc1nc2ccccc2s1.Cl. The number of thiazole rings is 1. The molecular weight excluding hydrogens is 282 g/mol. The highest BCUT2D eigenvalue weighted by Gasteiger charge is 2.17. The van der Waals surface area contributed by atoms with E-state index in [9.17, 15) is 4.79 Å². The summed E-state index contributed by atoms with van der Waals surface area (Å²) >= 11 is 1.59. The fourth-order valence-corrected chi connectivity index (χ4v) is 2.49. The summed E-state index contributed by atoms with van der Waals surface area (Å²) in [5, 5.41) is 3.73. The molecule has 104 valence electrons. The fourth-order valence-electron chi connectivity index (χ4n) is 1.58. The number of carbonyl (C=O) groups excluding carboxylic acids is 1. The van der Waals surface area contributed by atoms with Crippen LogP contribution in [0.15, 0.2) is 24.3 Å². The summed E-state index contributed by atoms with van der Waals surface area (Å²) in [6.07, 6.45) is 0. The van der Waals surface area contributed by atoms with Gasteiger partial charge in [-0.3, -0.25) is 4.79 Å². The molecule has 0 radical (unpaired) electrons. The van der Waals surface area contributed by atoms with E-state index in [4.69, 9.17) is 5.73 Å². The molecule has 4 nitrogen and oxygen atoms in total. The maximum Gasteiger partial charge on any atom is 0.237 e. The zero-order valence-corrected chi connectivity index (χ0v) is 12.6. The van der Waals surface area contributed by atoms with Crippen molar-refractivity contribution in [3.8, 4) is 0 Å². The Hall–Kier alpha value is -1.17. The van der Waals surface area contributed by atoms with Crippen LogP contribution in [0.1, 0.15) is 18.9 Å². The Kier molecular flexibility index (Phi) is 5.72. The lowest BCUT2D eigenvalue weighted by molar-refractivity contribution is -0.123. The fraction of sp³-hybridized carbons (Fsp3) is 0.385. The van der Waals surface area contributed by atoms with E-state index in [1.165, 1.54) is 0 Å². The molecule has 1 aromatic carbocycles. The normalized spacial score (nSPS) is 12.2. The number of hydrogen-bond acceptors (Lipinski definition) is 4. The predicted molar refractivity (Wildman–Crippen MR) is 81.5 cm³/mol. The van der Waals surface area contributed by atoms with Gasteiger partial charge in [0.05, 0.1) is 22.8 Å². The molecule has 0 fully saturated rings. The Balaban J connectivity index is 0.00000180. The second-order valence-corrected chi connectivity index (χ2v) is 5.68. The van der Waals surface area contributed by atoms with Gasteiger partial charge in [-0.2, -0.15) is 0 Å². The summed E-state index contributed by atoms with van der Waals surface area (Å²) < 4.78 is 1.13. The van der Waals surface area contributed by atoms with Crippen LogP contribution in [0.2, 0.25) is 0 Å². The van der Waals surface area contributed by atoms with Crippen LogP contribution in [0.4, 0.5) is 0 Å². The number of fused-ring (bicyclic) bond motifs is 1. The van der Waals surface area contributed by atoms with Crippen LogP contribution >= 0.6 is 23.7 Å². The first-order valence-corrected chi connectivity index (χ1v) is 6.77. The number of carbonyl (C=O) groups is 1. The topological polar surface area (TPSA) is 68.0 Å². The molecule has 3 N–H and O–H groups in total. The van der Waals surface area contributed by atoms with Gasteiger partial charge in [-0.1, -0.05) is 26.0 Å². The van der Waals surface area contributed by atoms with Crippen LogP contribution in [-0.2, 0) is 11.3 Å². The number of para-hydroxylation sites is 1. The maximum atomic E-state index is 11.7. The van der Waals surface area contributed by atoms with Crippen molar-refractivity contribution in [2.45, 2.75) is 26.4 Å². The molecule has 1 heterocycles. The van der Waals surface area contributed by atoms with Crippen molar-refractivity contribution in [3.63, 3.8) is 0 Å². The predicted octanol–water partition coefficient (Wildman–Crippen LogP) is 2.32. The second kappa shape index (κ2) is 6.84. The second-order valence-electron chi connectivity index (χ2n) is 4.56. The lowest BCUT2D eigenvalue weighted by Gasteiger charge is -2.14. The van der Waals surface area contributed by atoms with Gasteiger partial charge in [-0.15, -0.1) is 23.7 Å². The number of halogens is 1. The van der Waals surface area contributed by atoms with Gasteiger partial charge in [-0.05, 0) is 18.1 Å². The van der Waals surface area contributed by atoms with Crippen molar-refractivity contribution in [1.82, 2.24) is 10.3 Å². The van der Waals surface area contributed by atoms with E-state index in [1.54, 1.807) is 11.3 Å². The molecule has 0 spiro atoms. The van der Waals surface area contributed by atoms with E-state index in [1.807, 2.05) is 38.1 Å².